The molecule has 1 atom stereocenters. The van der Waals surface area contributed by atoms with E-state index in [1.807, 2.05) is 0 Å². The fourth-order valence-electron chi connectivity index (χ4n) is 1.13. The van der Waals surface area contributed by atoms with Crippen molar-refractivity contribution in [3.63, 3.8) is 0 Å². The van der Waals surface area contributed by atoms with Gasteiger partial charge in [-0.15, -0.1) is 12.6 Å². The Hall–Kier alpha value is 0.110. The van der Waals surface area contributed by atoms with Gasteiger partial charge in [-0.3, -0.25) is 0 Å². The van der Waals surface area contributed by atoms with Crippen molar-refractivity contribution >= 4 is 30.2 Å². The number of thiol groups is 1. The van der Waals surface area contributed by atoms with Gasteiger partial charge < -0.3 is 4.74 Å². The summed E-state index contributed by atoms with van der Waals surface area (Å²) < 4.78 is 3.68. The van der Waals surface area contributed by atoms with E-state index in [0.29, 0.717) is 13.0 Å². The van der Waals surface area contributed by atoms with Gasteiger partial charge in [-0.05, 0) is 13.3 Å². The average Bonchev–Trinajstić information content (AvgIpc) is 2.13. The second kappa shape index (κ2) is 7.41. The first-order chi connectivity index (χ1) is 6.54. The minimum absolute atomic E-state index is 0.350. The number of esters is 1. The Morgan fingerprint density at radius 3 is 2.50 bits per heavy atom. The molecule has 14 heavy (non-hydrogen) atoms. The van der Waals surface area contributed by atoms with Gasteiger partial charge in [0.05, 0.1) is 6.61 Å². The van der Waals surface area contributed by atoms with Gasteiger partial charge in [-0.2, -0.15) is 0 Å². The first-order valence-electron chi connectivity index (χ1n) is 5.13. The molecule has 0 N–H and O–H groups in total. The molecule has 0 aromatic heterocycles. The first kappa shape index (κ1) is 14.1. The van der Waals surface area contributed by atoms with E-state index in [4.69, 9.17) is 16.3 Å². The zero-order valence-corrected chi connectivity index (χ0v) is 10.5. The largest absolute Gasteiger partial charge is 0.464 e. The predicted molar refractivity (Wildman–Crippen MR) is 63.0 cm³/mol. The highest BCUT2D eigenvalue weighted by molar-refractivity contribution is 7.84. The molecule has 0 aliphatic heterocycles. The number of hydrogen-bond acceptors (Lipinski definition) is 3. The highest BCUT2D eigenvalue weighted by atomic mass is 35.5. The molecule has 4 heteroatoms. The summed E-state index contributed by atoms with van der Waals surface area (Å²) in [5.41, 5.74) is 0. The minimum Gasteiger partial charge on any atom is -0.464 e. The number of hydrogen-bond donors (Lipinski definition) is 1. The Bertz CT molecular complexity index is 172. The van der Waals surface area contributed by atoms with Crippen LogP contribution in [0.15, 0.2) is 0 Å². The van der Waals surface area contributed by atoms with E-state index in [2.05, 4.69) is 19.6 Å². The molecule has 0 rings (SSSR count). The molecular formula is C10H19ClO2S. The van der Waals surface area contributed by atoms with Crippen LogP contribution in [0.3, 0.4) is 0 Å². The van der Waals surface area contributed by atoms with Crippen LogP contribution in [0.2, 0.25) is 0 Å². The Kier molecular flexibility index (Phi) is 7.47. The number of carbonyl (C=O) groups is 1. The standard InChI is InChI=1S/C10H19ClO2S/c1-3-5-6-7-8-10(11,14)9(12)13-4-2/h14H,3-8H2,1-2H3. The Balaban J connectivity index is 3.76. The Labute approximate surface area is 96.8 Å². The van der Waals surface area contributed by atoms with Crippen molar-refractivity contribution in [2.24, 2.45) is 0 Å². The molecular weight excluding hydrogens is 220 g/mol. The van der Waals surface area contributed by atoms with Gasteiger partial charge in [0.2, 0.25) is 0 Å². The number of unbranched alkanes of at least 4 members (excludes halogenated alkanes) is 3. The molecule has 0 bridgehead atoms. The fraction of sp³-hybridized carbons (Fsp3) is 0.900. The molecule has 1 unspecified atom stereocenters. The predicted octanol–water partition coefficient (Wildman–Crippen LogP) is 3.38. The summed E-state index contributed by atoms with van der Waals surface area (Å²) in [5.74, 6) is -0.429. The molecule has 0 fully saturated rings. The van der Waals surface area contributed by atoms with Crippen LogP contribution in [0, 0.1) is 0 Å². The summed E-state index contributed by atoms with van der Waals surface area (Å²) in [7, 11) is 0. The molecule has 0 radical (unpaired) electrons. The molecule has 2 nitrogen and oxygen atoms in total. The molecule has 0 aromatic rings. The Morgan fingerprint density at radius 2 is 2.00 bits per heavy atom. The second-order valence-electron chi connectivity index (χ2n) is 3.29. The highest BCUT2D eigenvalue weighted by Gasteiger charge is 2.32. The lowest BCUT2D eigenvalue weighted by Crippen LogP contribution is -2.28. The average molecular weight is 239 g/mol. The summed E-state index contributed by atoms with van der Waals surface area (Å²) in [6, 6.07) is 0. The quantitative estimate of drug-likeness (QED) is 0.319. The third-order valence-corrected chi connectivity index (χ3v) is 2.70. The van der Waals surface area contributed by atoms with E-state index in [0.717, 1.165) is 12.8 Å². The van der Waals surface area contributed by atoms with Gasteiger partial charge in [0.1, 0.15) is 0 Å². The van der Waals surface area contributed by atoms with Gasteiger partial charge in [-0.1, -0.05) is 44.2 Å². The van der Waals surface area contributed by atoms with Crippen LogP contribution >= 0.6 is 24.2 Å². The highest BCUT2D eigenvalue weighted by Crippen LogP contribution is 2.29. The lowest BCUT2D eigenvalue weighted by Gasteiger charge is -2.18. The van der Waals surface area contributed by atoms with Crippen LogP contribution < -0.4 is 0 Å². The van der Waals surface area contributed by atoms with E-state index in [1.165, 1.54) is 12.8 Å². The molecule has 0 saturated carbocycles. The van der Waals surface area contributed by atoms with Gasteiger partial charge in [0, 0.05) is 0 Å². The maximum Gasteiger partial charge on any atom is 0.337 e. The van der Waals surface area contributed by atoms with E-state index in [9.17, 15) is 4.79 Å². The van der Waals surface area contributed by atoms with Crippen molar-refractivity contribution in [2.75, 3.05) is 6.61 Å². The summed E-state index contributed by atoms with van der Waals surface area (Å²) in [4.78, 5) is 11.3. The van der Waals surface area contributed by atoms with Gasteiger partial charge in [-0.25, -0.2) is 4.79 Å². The number of alkyl halides is 1. The van der Waals surface area contributed by atoms with E-state index in [1.54, 1.807) is 6.92 Å². The Morgan fingerprint density at radius 1 is 1.36 bits per heavy atom. The molecule has 0 saturated heterocycles. The lowest BCUT2D eigenvalue weighted by molar-refractivity contribution is -0.143. The van der Waals surface area contributed by atoms with Crippen LogP contribution in [0.1, 0.15) is 46.0 Å². The van der Waals surface area contributed by atoms with Crippen LogP contribution in [-0.4, -0.2) is 16.8 Å². The smallest absolute Gasteiger partial charge is 0.337 e. The van der Waals surface area contributed by atoms with Gasteiger partial charge in [0.25, 0.3) is 0 Å². The zero-order chi connectivity index (χ0) is 11.0. The van der Waals surface area contributed by atoms with Crippen molar-refractivity contribution in [1.29, 1.82) is 0 Å². The summed E-state index contributed by atoms with van der Waals surface area (Å²) in [6.07, 6.45) is 4.91. The molecule has 0 aromatic carbocycles. The van der Waals surface area contributed by atoms with Gasteiger partial charge >= 0.3 is 5.97 Å². The van der Waals surface area contributed by atoms with Crippen molar-refractivity contribution in [3.05, 3.63) is 0 Å². The number of rotatable bonds is 7. The maximum atomic E-state index is 11.3. The first-order valence-corrected chi connectivity index (χ1v) is 5.95. The lowest BCUT2D eigenvalue weighted by atomic mass is 10.1. The van der Waals surface area contributed by atoms with E-state index < -0.39 is 10.2 Å². The third kappa shape index (κ3) is 5.76. The van der Waals surface area contributed by atoms with Crippen molar-refractivity contribution in [2.45, 2.75) is 50.2 Å². The van der Waals surface area contributed by atoms with Crippen molar-refractivity contribution < 1.29 is 9.53 Å². The summed E-state index contributed by atoms with van der Waals surface area (Å²) in [5, 5.41) is 0. The molecule has 84 valence electrons. The fourth-order valence-corrected chi connectivity index (χ4v) is 1.54. The molecule has 0 aliphatic carbocycles. The zero-order valence-electron chi connectivity index (χ0n) is 8.88. The minimum atomic E-state index is -1.14. The molecule has 0 aliphatic rings. The van der Waals surface area contributed by atoms with Crippen LogP contribution in [-0.2, 0) is 9.53 Å². The van der Waals surface area contributed by atoms with E-state index >= 15 is 0 Å². The molecule has 0 spiro atoms. The maximum absolute atomic E-state index is 11.3. The van der Waals surface area contributed by atoms with Crippen molar-refractivity contribution in [3.8, 4) is 0 Å². The number of halogens is 1. The summed E-state index contributed by atoms with van der Waals surface area (Å²) >= 11 is 10.0. The topological polar surface area (TPSA) is 26.3 Å². The third-order valence-electron chi connectivity index (χ3n) is 1.95. The molecule has 0 heterocycles. The van der Waals surface area contributed by atoms with Crippen molar-refractivity contribution in [1.82, 2.24) is 0 Å². The SMILES string of the molecule is CCCCCCC(S)(Cl)C(=O)OCC. The monoisotopic (exact) mass is 238 g/mol. The number of ether oxygens (including phenoxy) is 1. The molecule has 0 amide bonds. The normalized spacial score (nSPS) is 14.9. The van der Waals surface area contributed by atoms with Crippen LogP contribution in [0.4, 0.5) is 0 Å². The van der Waals surface area contributed by atoms with Crippen LogP contribution in [0.25, 0.3) is 0 Å². The van der Waals surface area contributed by atoms with Crippen LogP contribution in [0.5, 0.6) is 0 Å². The summed E-state index contributed by atoms with van der Waals surface area (Å²) in [6.45, 7) is 4.25. The number of carbonyl (C=O) groups excluding carboxylic acids is 1. The van der Waals surface area contributed by atoms with Gasteiger partial charge in [0.15, 0.2) is 4.21 Å². The second-order valence-corrected chi connectivity index (χ2v) is 4.96. The van der Waals surface area contributed by atoms with E-state index in [-0.39, 0.29) is 0 Å².